The Morgan fingerprint density at radius 2 is 2.00 bits per heavy atom. The van der Waals surface area contributed by atoms with Crippen LogP contribution in [-0.4, -0.2) is 10.2 Å². The Labute approximate surface area is 75.9 Å². The van der Waals surface area contributed by atoms with Crippen molar-refractivity contribution in [3.05, 3.63) is 41.6 Å². The van der Waals surface area contributed by atoms with E-state index in [1.807, 2.05) is 24.3 Å². The predicted molar refractivity (Wildman–Crippen MR) is 52.3 cm³/mol. The van der Waals surface area contributed by atoms with E-state index < -0.39 is 0 Å². The SMILES string of the molecule is C1=Cc2nnc3ccccc3c2C1. The summed E-state index contributed by atoms with van der Waals surface area (Å²) in [6.45, 7) is 0. The van der Waals surface area contributed by atoms with Crippen LogP contribution in [0.2, 0.25) is 0 Å². The number of benzene rings is 1. The molecule has 2 aromatic rings. The first-order valence-electron chi connectivity index (χ1n) is 4.36. The van der Waals surface area contributed by atoms with E-state index in [0.29, 0.717) is 0 Å². The van der Waals surface area contributed by atoms with Crippen molar-refractivity contribution in [2.45, 2.75) is 6.42 Å². The number of fused-ring (bicyclic) bond motifs is 3. The van der Waals surface area contributed by atoms with Crippen LogP contribution < -0.4 is 0 Å². The average Bonchev–Trinajstić information content (AvgIpc) is 2.65. The lowest BCUT2D eigenvalue weighted by Gasteiger charge is -2.01. The number of hydrogen-bond acceptors (Lipinski definition) is 2. The second kappa shape index (κ2) is 2.39. The molecule has 1 aromatic heterocycles. The van der Waals surface area contributed by atoms with Gasteiger partial charge >= 0.3 is 0 Å². The fourth-order valence-electron chi connectivity index (χ4n) is 1.76. The molecule has 62 valence electrons. The molecule has 13 heavy (non-hydrogen) atoms. The van der Waals surface area contributed by atoms with Crippen LogP contribution >= 0.6 is 0 Å². The van der Waals surface area contributed by atoms with Crippen LogP contribution in [0.1, 0.15) is 11.3 Å². The van der Waals surface area contributed by atoms with E-state index in [1.54, 1.807) is 0 Å². The maximum absolute atomic E-state index is 4.15. The zero-order valence-electron chi connectivity index (χ0n) is 7.07. The summed E-state index contributed by atoms with van der Waals surface area (Å²) in [4.78, 5) is 0. The van der Waals surface area contributed by atoms with Crippen molar-refractivity contribution in [1.29, 1.82) is 0 Å². The van der Waals surface area contributed by atoms with Crippen molar-refractivity contribution in [3.8, 4) is 0 Å². The van der Waals surface area contributed by atoms with Crippen molar-refractivity contribution in [1.82, 2.24) is 10.2 Å². The maximum Gasteiger partial charge on any atom is 0.0933 e. The Morgan fingerprint density at radius 1 is 1.08 bits per heavy atom. The third-order valence-corrected chi connectivity index (χ3v) is 2.40. The quantitative estimate of drug-likeness (QED) is 0.602. The van der Waals surface area contributed by atoms with Gasteiger partial charge in [0.2, 0.25) is 0 Å². The van der Waals surface area contributed by atoms with E-state index in [4.69, 9.17) is 0 Å². The molecular formula is C11H8N2. The Balaban J connectivity index is 2.46. The topological polar surface area (TPSA) is 25.8 Å². The van der Waals surface area contributed by atoms with Gasteiger partial charge in [-0.2, -0.15) is 5.10 Å². The first-order valence-corrected chi connectivity index (χ1v) is 4.36. The fraction of sp³-hybridized carbons (Fsp3) is 0.0909. The third-order valence-electron chi connectivity index (χ3n) is 2.40. The summed E-state index contributed by atoms with van der Waals surface area (Å²) < 4.78 is 0. The zero-order valence-corrected chi connectivity index (χ0v) is 7.07. The van der Waals surface area contributed by atoms with Crippen LogP contribution in [0.3, 0.4) is 0 Å². The molecule has 0 saturated carbocycles. The molecule has 1 aliphatic carbocycles. The molecule has 0 amide bonds. The van der Waals surface area contributed by atoms with Crippen molar-refractivity contribution in [3.63, 3.8) is 0 Å². The Kier molecular flexibility index (Phi) is 1.25. The molecule has 0 atom stereocenters. The summed E-state index contributed by atoms with van der Waals surface area (Å²) in [6.07, 6.45) is 5.16. The molecule has 3 rings (SSSR count). The molecule has 0 bridgehead atoms. The average molecular weight is 168 g/mol. The van der Waals surface area contributed by atoms with Gasteiger partial charge in [0.1, 0.15) is 0 Å². The van der Waals surface area contributed by atoms with Gasteiger partial charge in [-0.25, -0.2) is 0 Å². The lowest BCUT2D eigenvalue weighted by atomic mass is 10.1. The molecule has 1 heterocycles. The third kappa shape index (κ3) is 0.886. The summed E-state index contributed by atoms with van der Waals surface area (Å²) in [5.74, 6) is 0. The highest BCUT2D eigenvalue weighted by atomic mass is 15.1. The minimum Gasteiger partial charge on any atom is -0.150 e. The van der Waals surface area contributed by atoms with Crippen LogP contribution in [-0.2, 0) is 6.42 Å². The fourth-order valence-corrected chi connectivity index (χ4v) is 1.76. The van der Waals surface area contributed by atoms with E-state index in [1.165, 1.54) is 10.9 Å². The standard InChI is InChI=1S/C11H8N2/c1-2-6-10-8(4-1)9-5-3-7-11(9)13-12-10/h1-4,6-7H,5H2. The van der Waals surface area contributed by atoms with Crippen molar-refractivity contribution in [2.24, 2.45) is 0 Å². The molecule has 1 aliphatic rings. The van der Waals surface area contributed by atoms with E-state index >= 15 is 0 Å². The van der Waals surface area contributed by atoms with Crippen LogP contribution in [0.25, 0.3) is 17.0 Å². The number of aromatic nitrogens is 2. The van der Waals surface area contributed by atoms with E-state index in [-0.39, 0.29) is 0 Å². The van der Waals surface area contributed by atoms with Crippen LogP contribution in [0.5, 0.6) is 0 Å². The lowest BCUT2D eigenvalue weighted by molar-refractivity contribution is 1.04. The molecule has 0 spiro atoms. The van der Waals surface area contributed by atoms with Gasteiger partial charge in [0, 0.05) is 5.39 Å². The molecule has 0 radical (unpaired) electrons. The summed E-state index contributed by atoms with van der Waals surface area (Å²) >= 11 is 0. The van der Waals surface area contributed by atoms with Crippen molar-refractivity contribution >= 4 is 17.0 Å². The summed E-state index contributed by atoms with van der Waals surface area (Å²) in [5, 5.41) is 9.54. The monoisotopic (exact) mass is 168 g/mol. The van der Waals surface area contributed by atoms with Gasteiger partial charge in [0.15, 0.2) is 0 Å². The molecule has 0 N–H and O–H groups in total. The maximum atomic E-state index is 4.15. The highest BCUT2D eigenvalue weighted by Gasteiger charge is 2.10. The van der Waals surface area contributed by atoms with Gasteiger partial charge in [0.05, 0.1) is 11.2 Å². The molecule has 0 saturated heterocycles. The molecular weight excluding hydrogens is 160 g/mol. The van der Waals surface area contributed by atoms with Gasteiger partial charge in [-0.15, -0.1) is 5.10 Å². The van der Waals surface area contributed by atoms with Crippen LogP contribution in [0, 0.1) is 0 Å². The van der Waals surface area contributed by atoms with E-state index in [0.717, 1.165) is 17.6 Å². The van der Waals surface area contributed by atoms with E-state index in [2.05, 4.69) is 22.3 Å². The largest absolute Gasteiger partial charge is 0.150 e. The first-order chi connectivity index (χ1) is 6.45. The van der Waals surface area contributed by atoms with E-state index in [9.17, 15) is 0 Å². The second-order valence-electron chi connectivity index (χ2n) is 3.19. The van der Waals surface area contributed by atoms with Crippen LogP contribution in [0.4, 0.5) is 0 Å². The van der Waals surface area contributed by atoms with Gasteiger partial charge < -0.3 is 0 Å². The van der Waals surface area contributed by atoms with Crippen molar-refractivity contribution in [2.75, 3.05) is 0 Å². The molecule has 0 fully saturated rings. The molecule has 2 heteroatoms. The van der Waals surface area contributed by atoms with Crippen LogP contribution in [0.15, 0.2) is 30.3 Å². The lowest BCUT2D eigenvalue weighted by Crippen LogP contribution is -1.92. The number of hydrogen-bond donors (Lipinski definition) is 0. The molecule has 2 nitrogen and oxygen atoms in total. The Bertz CT molecular complexity index is 500. The number of rotatable bonds is 0. The Hall–Kier alpha value is -1.70. The Morgan fingerprint density at radius 3 is 3.00 bits per heavy atom. The predicted octanol–water partition coefficient (Wildman–Crippen LogP) is 2.20. The molecule has 0 unspecified atom stereocenters. The normalized spacial score (nSPS) is 13.5. The highest BCUT2D eigenvalue weighted by Crippen LogP contribution is 2.24. The summed E-state index contributed by atoms with van der Waals surface area (Å²) in [7, 11) is 0. The molecule has 0 aliphatic heterocycles. The summed E-state index contributed by atoms with van der Waals surface area (Å²) in [6, 6.07) is 8.14. The van der Waals surface area contributed by atoms with Gasteiger partial charge in [0.25, 0.3) is 0 Å². The minimum atomic E-state index is 0.991. The van der Waals surface area contributed by atoms with Gasteiger partial charge in [-0.05, 0) is 24.1 Å². The van der Waals surface area contributed by atoms with Crippen molar-refractivity contribution < 1.29 is 0 Å². The van der Waals surface area contributed by atoms with Gasteiger partial charge in [-0.3, -0.25) is 0 Å². The smallest absolute Gasteiger partial charge is 0.0933 e. The number of allylic oxidation sites excluding steroid dienone is 1. The first kappa shape index (κ1) is 6.78. The minimum absolute atomic E-state index is 0.991. The highest BCUT2D eigenvalue weighted by molar-refractivity contribution is 5.85. The number of nitrogens with zero attached hydrogens (tertiary/aromatic N) is 2. The van der Waals surface area contributed by atoms with Gasteiger partial charge in [-0.1, -0.05) is 24.3 Å². The molecule has 1 aromatic carbocycles. The zero-order chi connectivity index (χ0) is 8.67. The second-order valence-corrected chi connectivity index (χ2v) is 3.19. The summed E-state index contributed by atoms with van der Waals surface area (Å²) in [5.41, 5.74) is 3.33.